The number of amides is 1. The van der Waals surface area contributed by atoms with Crippen LogP contribution in [0.5, 0.6) is 0 Å². The number of alkyl halides is 4. The molecular formula is C10H11F3INO5S. The van der Waals surface area contributed by atoms with Crippen LogP contribution in [0.3, 0.4) is 0 Å². The van der Waals surface area contributed by atoms with Gasteiger partial charge in [-0.1, -0.05) is 22.6 Å². The lowest BCUT2D eigenvalue weighted by atomic mass is 10.0. The molecule has 2 heterocycles. The van der Waals surface area contributed by atoms with Crippen LogP contribution in [-0.2, 0) is 19.0 Å². The van der Waals surface area contributed by atoms with Gasteiger partial charge in [0.15, 0.2) is 0 Å². The zero-order chi connectivity index (χ0) is 16.0. The van der Waals surface area contributed by atoms with Crippen molar-refractivity contribution >= 4 is 38.8 Å². The van der Waals surface area contributed by atoms with Crippen molar-refractivity contribution in [3.63, 3.8) is 0 Å². The molecule has 1 fully saturated rings. The molecule has 0 spiro atoms. The molecule has 1 saturated heterocycles. The second-order valence-corrected chi connectivity index (χ2v) is 8.11. The summed E-state index contributed by atoms with van der Waals surface area (Å²) in [5.74, 6) is -0.325. The van der Waals surface area contributed by atoms with Crippen molar-refractivity contribution in [2.75, 3.05) is 6.54 Å². The lowest BCUT2D eigenvalue weighted by Crippen LogP contribution is -2.42. The molecule has 11 heteroatoms. The van der Waals surface area contributed by atoms with Gasteiger partial charge in [0.05, 0.1) is 6.04 Å². The maximum absolute atomic E-state index is 12.3. The Hall–Kier alpha value is -0.720. The average Bonchev–Trinajstić information content (AvgIpc) is 2.64. The van der Waals surface area contributed by atoms with E-state index in [9.17, 15) is 26.4 Å². The first-order valence-electron chi connectivity index (χ1n) is 5.84. The van der Waals surface area contributed by atoms with Gasteiger partial charge in [0.25, 0.3) is 0 Å². The molecule has 2 rings (SSSR count). The number of hydrogen-bond acceptors (Lipinski definition) is 5. The Bertz CT molecular complexity index is 574. The highest BCUT2D eigenvalue weighted by Crippen LogP contribution is 2.35. The van der Waals surface area contributed by atoms with E-state index in [4.69, 9.17) is 4.74 Å². The highest BCUT2D eigenvalue weighted by molar-refractivity contribution is 14.1. The minimum absolute atomic E-state index is 0.0495. The molecule has 0 aromatic carbocycles. The van der Waals surface area contributed by atoms with Crippen molar-refractivity contribution in [1.82, 2.24) is 4.90 Å². The Morgan fingerprint density at radius 3 is 2.67 bits per heavy atom. The summed E-state index contributed by atoms with van der Waals surface area (Å²) in [5, 5.41) is 0. The molecule has 2 aliphatic rings. The third-order valence-corrected chi connectivity index (χ3v) is 4.84. The number of carbonyl (C=O) groups excluding carboxylic acids is 1. The van der Waals surface area contributed by atoms with Crippen molar-refractivity contribution < 1.29 is 35.3 Å². The Morgan fingerprint density at radius 2 is 2.14 bits per heavy atom. The summed E-state index contributed by atoms with van der Waals surface area (Å²) in [7, 11) is -5.69. The second kappa shape index (κ2) is 5.48. The molecule has 3 atom stereocenters. The highest BCUT2D eigenvalue weighted by atomic mass is 127. The normalized spacial score (nSPS) is 27.8. The van der Waals surface area contributed by atoms with Gasteiger partial charge in [0, 0.05) is 16.9 Å². The van der Waals surface area contributed by atoms with Crippen LogP contribution in [0.4, 0.5) is 18.0 Å². The van der Waals surface area contributed by atoms with Gasteiger partial charge in [-0.05, 0) is 13.0 Å². The maximum Gasteiger partial charge on any atom is 0.534 e. The minimum atomic E-state index is -5.69. The van der Waals surface area contributed by atoms with Crippen LogP contribution in [0.1, 0.15) is 13.3 Å². The lowest BCUT2D eigenvalue weighted by molar-refractivity contribution is -0.0526. The zero-order valence-corrected chi connectivity index (χ0v) is 13.6. The van der Waals surface area contributed by atoms with E-state index in [1.807, 2.05) is 22.6 Å². The van der Waals surface area contributed by atoms with E-state index in [1.165, 1.54) is 4.90 Å². The van der Waals surface area contributed by atoms with Crippen LogP contribution in [0.2, 0.25) is 0 Å². The van der Waals surface area contributed by atoms with Gasteiger partial charge in [0.2, 0.25) is 0 Å². The molecular weight excluding hydrogens is 430 g/mol. The van der Waals surface area contributed by atoms with Gasteiger partial charge < -0.3 is 8.92 Å². The van der Waals surface area contributed by atoms with Gasteiger partial charge in [-0.3, -0.25) is 4.90 Å². The molecule has 0 bridgehead atoms. The van der Waals surface area contributed by atoms with Gasteiger partial charge in [0.1, 0.15) is 11.9 Å². The van der Waals surface area contributed by atoms with E-state index in [0.717, 1.165) is 6.08 Å². The summed E-state index contributed by atoms with van der Waals surface area (Å²) >= 11 is 2.03. The predicted molar refractivity (Wildman–Crippen MR) is 73.0 cm³/mol. The fraction of sp³-hybridized carbons (Fsp3) is 0.700. The van der Waals surface area contributed by atoms with E-state index >= 15 is 0 Å². The lowest BCUT2D eigenvalue weighted by Gasteiger charge is -2.29. The monoisotopic (exact) mass is 441 g/mol. The summed E-state index contributed by atoms with van der Waals surface area (Å²) in [5.41, 5.74) is -5.48. The molecule has 21 heavy (non-hydrogen) atoms. The SMILES string of the molecule is C[C@@H](I)[C@@H]1OC(=O)N2CC=C(OS(=O)(=O)C(F)(F)F)C[C@@H]12. The summed E-state index contributed by atoms with van der Waals surface area (Å²) in [6.07, 6.45) is -0.0955. The number of rotatable bonds is 3. The Kier molecular flexibility index (Phi) is 4.35. The van der Waals surface area contributed by atoms with Gasteiger partial charge in [-0.25, -0.2) is 4.79 Å². The minimum Gasteiger partial charge on any atom is -0.443 e. The summed E-state index contributed by atoms with van der Waals surface area (Å²) in [4.78, 5) is 12.9. The number of hydrogen-bond donors (Lipinski definition) is 0. The first-order valence-corrected chi connectivity index (χ1v) is 8.49. The van der Waals surface area contributed by atoms with E-state index in [1.54, 1.807) is 6.92 Å². The zero-order valence-electron chi connectivity index (χ0n) is 10.6. The van der Waals surface area contributed by atoms with E-state index < -0.39 is 33.9 Å². The van der Waals surface area contributed by atoms with Crippen molar-refractivity contribution in [2.45, 2.75) is 34.9 Å². The van der Waals surface area contributed by atoms with Crippen LogP contribution in [-0.4, -0.2) is 47.5 Å². The number of fused-ring (bicyclic) bond motifs is 1. The van der Waals surface area contributed by atoms with Crippen LogP contribution >= 0.6 is 22.6 Å². The van der Waals surface area contributed by atoms with E-state index in [0.29, 0.717) is 0 Å². The maximum atomic E-state index is 12.3. The van der Waals surface area contributed by atoms with Gasteiger partial charge in [-0.2, -0.15) is 21.6 Å². The van der Waals surface area contributed by atoms with Crippen LogP contribution in [0.25, 0.3) is 0 Å². The van der Waals surface area contributed by atoms with Crippen molar-refractivity contribution in [1.29, 1.82) is 0 Å². The third kappa shape index (κ3) is 3.22. The largest absolute Gasteiger partial charge is 0.534 e. The Morgan fingerprint density at radius 1 is 1.52 bits per heavy atom. The van der Waals surface area contributed by atoms with Crippen LogP contribution in [0, 0.1) is 0 Å². The molecule has 0 radical (unpaired) electrons. The first-order chi connectivity index (χ1) is 9.53. The third-order valence-electron chi connectivity index (χ3n) is 3.13. The van der Waals surface area contributed by atoms with Gasteiger partial charge in [-0.15, -0.1) is 0 Å². The standard InChI is InChI=1S/C10H11F3INO5S/c1-5(14)8-7-4-6(2-3-15(7)9(16)19-8)20-21(17,18)10(11,12)13/h2,5,7-8H,3-4H2,1H3/t5-,7+,8+/m1/s1. The molecule has 6 nitrogen and oxygen atoms in total. The Balaban J connectivity index is 2.17. The molecule has 1 amide bonds. The number of carbonyl (C=O) groups is 1. The van der Waals surface area contributed by atoms with Crippen LogP contribution < -0.4 is 0 Å². The van der Waals surface area contributed by atoms with Crippen molar-refractivity contribution in [3.8, 4) is 0 Å². The number of halogens is 4. The quantitative estimate of drug-likeness (QED) is 0.291. The molecule has 2 aliphatic heterocycles. The topological polar surface area (TPSA) is 72.9 Å². The van der Waals surface area contributed by atoms with E-state index in [2.05, 4.69) is 4.18 Å². The fourth-order valence-corrected chi connectivity index (χ4v) is 3.30. The van der Waals surface area contributed by atoms with Crippen molar-refractivity contribution in [3.05, 3.63) is 11.8 Å². The molecule has 0 unspecified atom stereocenters. The molecule has 0 aromatic rings. The molecule has 120 valence electrons. The highest BCUT2D eigenvalue weighted by Gasteiger charge is 2.51. The summed E-state index contributed by atoms with van der Waals surface area (Å²) in [6.45, 7) is 1.74. The van der Waals surface area contributed by atoms with E-state index in [-0.39, 0.29) is 22.6 Å². The predicted octanol–water partition coefficient (Wildman–Crippen LogP) is 2.15. The molecule has 0 aromatic heterocycles. The van der Waals surface area contributed by atoms with Gasteiger partial charge >= 0.3 is 21.7 Å². The molecule has 0 N–H and O–H groups in total. The van der Waals surface area contributed by atoms with Crippen molar-refractivity contribution in [2.24, 2.45) is 0 Å². The van der Waals surface area contributed by atoms with Crippen LogP contribution in [0.15, 0.2) is 11.8 Å². The smallest absolute Gasteiger partial charge is 0.443 e. The summed E-state index contributed by atoms with van der Waals surface area (Å²) in [6, 6.07) is -0.534. The number of ether oxygens (including phenoxy) is 1. The number of nitrogens with zero attached hydrogens (tertiary/aromatic N) is 1. The first kappa shape index (κ1) is 16.6. The summed E-state index contributed by atoms with van der Waals surface area (Å²) < 4.78 is 68.0. The fourth-order valence-electron chi connectivity index (χ4n) is 2.16. The average molecular weight is 441 g/mol. The number of cyclic esters (lactones) is 1. The molecule has 0 aliphatic carbocycles. The molecule has 0 saturated carbocycles. The Labute approximate surface area is 132 Å². The second-order valence-electron chi connectivity index (χ2n) is 4.60.